The number of carbonyl (C=O) groups is 1. The molecule has 4 heterocycles. The van der Waals surface area contributed by atoms with Crippen LogP contribution in [0.4, 0.5) is 0 Å². The van der Waals surface area contributed by atoms with E-state index in [4.69, 9.17) is 19.2 Å². The molecule has 9 heteroatoms. The number of methoxy groups -OCH3 is 1. The maximum Gasteiger partial charge on any atom is 0.254 e. The summed E-state index contributed by atoms with van der Waals surface area (Å²) in [5, 5.41) is 11.3. The van der Waals surface area contributed by atoms with E-state index in [1.54, 1.807) is 7.11 Å². The van der Waals surface area contributed by atoms with Gasteiger partial charge in [-0.2, -0.15) is 0 Å². The van der Waals surface area contributed by atoms with Gasteiger partial charge in [-0.1, -0.05) is 35.5 Å². The molecule has 0 spiro atoms. The fourth-order valence-corrected chi connectivity index (χ4v) is 6.34. The fourth-order valence-electron chi connectivity index (χ4n) is 6.34. The van der Waals surface area contributed by atoms with Crippen molar-refractivity contribution in [2.24, 2.45) is 0 Å². The van der Waals surface area contributed by atoms with E-state index in [0.717, 1.165) is 73.1 Å². The summed E-state index contributed by atoms with van der Waals surface area (Å²) in [5.74, 6) is 2.15. The van der Waals surface area contributed by atoms with Gasteiger partial charge in [-0.15, -0.1) is 0 Å². The molecular formula is C33H32N6O3. The Kier molecular flexibility index (Phi) is 6.20. The van der Waals surface area contributed by atoms with Crippen molar-refractivity contribution in [3.05, 3.63) is 71.4 Å². The van der Waals surface area contributed by atoms with Gasteiger partial charge in [0, 0.05) is 53.3 Å². The van der Waals surface area contributed by atoms with Crippen LogP contribution in [0.15, 0.2) is 53.1 Å². The molecule has 9 nitrogen and oxygen atoms in total. The number of H-pyrrole nitrogens is 1. The lowest BCUT2D eigenvalue weighted by atomic mass is 9.94. The molecule has 3 aromatic heterocycles. The van der Waals surface area contributed by atoms with Crippen molar-refractivity contribution in [1.29, 1.82) is 0 Å². The molecular weight excluding hydrogens is 528 g/mol. The van der Waals surface area contributed by atoms with E-state index in [9.17, 15) is 4.79 Å². The highest BCUT2D eigenvalue weighted by atomic mass is 16.5. The first-order valence-corrected chi connectivity index (χ1v) is 14.2. The Hall–Kier alpha value is -4.76. The number of piperazine rings is 1. The maximum absolute atomic E-state index is 13.7. The summed E-state index contributed by atoms with van der Waals surface area (Å²) in [6.07, 6.45) is 0. The van der Waals surface area contributed by atoms with Gasteiger partial charge in [0.2, 0.25) is 0 Å². The van der Waals surface area contributed by atoms with Crippen molar-refractivity contribution in [2.45, 2.75) is 33.7 Å². The predicted molar refractivity (Wildman–Crippen MR) is 164 cm³/mol. The quantitative estimate of drug-likeness (QED) is 0.274. The van der Waals surface area contributed by atoms with Crippen LogP contribution in [0.5, 0.6) is 5.75 Å². The number of hydrogen-bond donors (Lipinski definition) is 2. The highest BCUT2D eigenvalue weighted by Gasteiger charge is 2.25. The number of ether oxygens (including phenoxy) is 1. The van der Waals surface area contributed by atoms with Crippen LogP contribution in [0.25, 0.3) is 55.1 Å². The van der Waals surface area contributed by atoms with Gasteiger partial charge in [0.15, 0.2) is 0 Å². The Balaban J connectivity index is 1.45. The average molecular weight is 561 g/mol. The van der Waals surface area contributed by atoms with E-state index in [1.807, 2.05) is 62.1 Å². The summed E-state index contributed by atoms with van der Waals surface area (Å²) in [4.78, 5) is 28.9. The predicted octanol–water partition coefficient (Wildman–Crippen LogP) is 5.95. The van der Waals surface area contributed by atoms with Crippen molar-refractivity contribution in [1.82, 2.24) is 30.3 Å². The number of carbonyl (C=O) groups excluding carboxylic acids is 1. The molecule has 42 heavy (non-hydrogen) atoms. The third-order valence-corrected chi connectivity index (χ3v) is 8.25. The van der Waals surface area contributed by atoms with Gasteiger partial charge in [0.1, 0.15) is 23.0 Å². The first kappa shape index (κ1) is 26.2. The lowest BCUT2D eigenvalue weighted by Crippen LogP contribution is -2.51. The second-order valence-corrected chi connectivity index (χ2v) is 11.1. The summed E-state index contributed by atoms with van der Waals surface area (Å²) in [5.41, 5.74) is 6.72. The standard InChI is InChI=1S/C33H32N6O3/c1-17-16-39(13-12-34-17)33(40)24-11-10-23(21-8-6-7-9-22(21)24)31-30-25-15-28(41-5)26(29-18(2)38-42-19(29)3)14-27(25)37-32(30)36-20(4)35-31/h6-11,14-15,17,34H,12-13,16H2,1-5H3,(H,35,36,37)/t17-/m1/s1. The first-order valence-electron chi connectivity index (χ1n) is 14.2. The van der Waals surface area contributed by atoms with Gasteiger partial charge in [-0.25, -0.2) is 9.97 Å². The molecule has 6 aromatic rings. The minimum atomic E-state index is 0.0544. The molecule has 1 aliphatic heterocycles. The lowest BCUT2D eigenvalue weighted by Gasteiger charge is -2.32. The number of aryl methyl sites for hydroxylation is 3. The van der Waals surface area contributed by atoms with Crippen LogP contribution < -0.4 is 10.1 Å². The number of aromatic nitrogens is 4. The van der Waals surface area contributed by atoms with Crippen molar-refractivity contribution >= 4 is 38.6 Å². The molecule has 2 N–H and O–H groups in total. The molecule has 0 radical (unpaired) electrons. The smallest absolute Gasteiger partial charge is 0.254 e. The monoisotopic (exact) mass is 560 g/mol. The second-order valence-electron chi connectivity index (χ2n) is 11.1. The van der Waals surface area contributed by atoms with E-state index in [2.05, 4.69) is 34.5 Å². The molecule has 7 rings (SSSR count). The number of nitrogens with one attached hydrogen (secondary N) is 2. The zero-order valence-electron chi connectivity index (χ0n) is 24.3. The molecule has 1 aliphatic rings. The zero-order valence-corrected chi connectivity index (χ0v) is 24.3. The summed E-state index contributed by atoms with van der Waals surface area (Å²) >= 11 is 0. The molecule has 0 unspecified atom stereocenters. The van der Waals surface area contributed by atoms with Gasteiger partial charge in [0.25, 0.3) is 5.91 Å². The third kappa shape index (κ3) is 4.11. The van der Waals surface area contributed by atoms with Crippen LogP contribution in [0.2, 0.25) is 0 Å². The Morgan fingerprint density at radius 3 is 2.57 bits per heavy atom. The Labute approximate surface area is 242 Å². The minimum Gasteiger partial charge on any atom is -0.496 e. The Morgan fingerprint density at radius 1 is 1.02 bits per heavy atom. The van der Waals surface area contributed by atoms with E-state index in [0.29, 0.717) is 30.2 Å². The molecule has 0 saturated carbocycles. The largest absolute Gasteiger partial charge is 0.496 e. The van der Waals surface area contributed by atoms with Crippen LogP contribution >= 0.6 is 0 Å². The Morgan fingerprint density at radius 2 is 1.83 bits per heavy atom. The number of nitrogens with zero attached hydrogens (tertiary/aromatic N) is 4. The van der Waals surface area contributed by atoms with E-state index >= 15 is 0 Å². The molecule has 1 saturated heterocycles. The van der Waals surface area contributed by atoms with E-state index in [1.165, 1.54) is 0 Å². The van der Waals surface area contributed by atoms with Crippen molar-refractivity contribution in [3.8, 4) is 28.1 Å². The van der Waals surface area contributed by atoms with Crippen LogP contribution in [0, 0.1) is 20.8 Å². The number of rotatable bonds is 4. The summed E-state index contributed by atoms with van der Waals surface area (Å²) in [7, 11) is 1.67. The molecule has 1 fully saturated rings. The van der Waals surface area contributed by atoms with Gasteiger partial charge in [-0.05, 0) is 56.7 Å². The first-order chi connectivity index (χ1) is 20.3. The SMILES string of the molecule is COc1cc2c(cc1-c1c(C)noc1C)[nH]c1nc(C)nc(-c3ccc(C(=O)N4CCN[C@H](C)C4)c4ccccc34)c12. The van der Waals surface area contributed by atoms with Crippen molar-refractivity contribution < 1.29 is 14.1 Å². The van der Waals surface area contributed by atoms with Crippen LogP contribution in [0.3, 0.4) is 0 Å². The Bertz CT molecular complexity index is 2000. The molecule has 0 bridgehead atoms. The van der Waals surface area contributed by atoms with Gasteiger partial charge < -0.3 is 24.5 Å². The molecule has 212 valence electrons. The van der Waals surface area contributed by atoms with Crippen LogP contribution in [-0.2, 0) is 0 Å². The van der Waals surface area contributed by atoms with Gasteiger partial charge >= 0.3 is 0 Å². The fraction of sp³-hybridized carbons (Fsp3) is 0.273. The van der Waals surface area contributed by atoms with Crippen molar-refractivity contribution in [3.63, 3.8) is 0 Å². The highest BCUT2D eigenvalue weighted by molar-refractivity contribution is 6.17. The van der Waals surface area contributed by atoms with E-state index in [-0.39, 0.29) is 11.9 Å². The number of aromatic amines is 1. The van der Waals surface area contributed by atoms with Gasteiger partial charge in [0.05, 0.1) is 29.4 Å². The number of benzene rings is 3. The molecule has 3 aromatic carbocycles. The summed E-state index contributed by atoms with van der Waals surface area (Å²) in [6.45, 7) is 10.0. The third-order valence-electron chi connectivity index (χ3n) is 8.25. The number of amides is 1. The zero-order chi connectivity index (χ0) is 29.1. The molecule has 1 amide bonds. The van der Waals surface area contributed by atoms with Crippen molar-refractivity contribution in [2.75, 3.05) is 26.7 Å². The number of fused-ring (bicyclic) bond motifs is 4. The topological polar surface area (TPSA) is 109 Å². The number of hydrogen-bond acceptors (Lipinski definition) is 7. The molecule has 1 atom stereocenters. The lowest BCUT2D eigenvalue weighted by molar-refractivity contribution is 0.0711. The normalized spacial score (nSPS) is 15.6. The van der Waals surface area contributed by atoms with Crippen LogP contribution in [0.1, 0.15) is 34.6 Å². The second kappa shape index (κ2) is 9.95. The highest BCUT2D eigenvalue weighted by Crippen LogP contribution is 2.42. The average Bonchev–Trinajstić information content (AvgIpc) is 3.52. The molecule has 0 aliphatic carbocycles. The minimum absolute atomic E-state index is 0.0544. The summed E-state index contributed by atoms with van der Waals surface area (Å²) < 4.78 is 11.3. The maximum atomic E-state index is 13.7. The van der Waals surface area contributed by atoms with Gasteiger partial charge in [-0.3, -0.25) is 4.79 Å². The van der Waals surface area contributed by atoms with E-state index < -0.39 is 0 Å². The summed E-state index contributed by atoms with van der Waals surface area (Å²) in [6, 6.07) is 16.4. The van der Waals surface area contributed by atoms with Crippen LogP contribution in [-0.4, -0.2) is 63.7 Å².